The molecular weight excluding hydrogens is 318 g/mol. The first kappa shape index (κ1) is 19.2. The molecule has 1 amide bonds. The van der Waals surface area contributed by atoms with Crippen molar-refractivity contribution in [3.05, 3.63) is 16.5 Å². The van der Waals surface area contributed by atoms with Gasteiger partial charge in [-0.15, -0.1) is 11.3 Å². The Bertz CT molecular complexity index is 565. The number of aliphatic carboxylic acids is 1. The first-order valence-corrected chi connectivity index (χ1v) is 8.52. The van der Waals surface area contributed by atoms with E-state index >= 15 is 0 Å². The lowest BCUT2D eigenvalue weighted by atomic mass is 10.0. The molecule has 0 atom stereocenters. The molecule has 23 heavy (non-hydrogen) atoms. The van der Waals surface area contributed by atoms with E-state index in [4.69, 9.17) is 9.84 Å². The quantitative estimate of drug-likeness (QED) is 0.672. The lowest BCUT2D eigenvalue weighted by Crippen LogP contribution is -2.15. The highest BCUT2D eigenvalue weighted by Gasteiger charge is 2.22. The SMILES string of the molecule is CCOC(=O)c1c(CC(C)C)csc1NC(=O)CCCC(=O)O. The topological polar surface area (TPSA) is 92.7 Å². The maximum Gasteiger partial charge on any atom is 0.341 e. The zero-order valence-electron chi connectivity index (χ0n) is 13.7. The Morgan fingerprint density at radius 1 is 1.30 bits per heavy atom. The van der Waals surface area contributed by atoms with Crippen molar-refractivity contribution in [2.45, 2.75) is 46.5 Å². The number of ether oxygens (including phenoxy) is 1. The molecule has 6 nitrogen and oxygen atoms in total. The molecule has 1 heterocycles. The molecule has 0 aromatic carbocycles. The van der Waals surface area contributed by atoms with Crippen LogP contribution in [0.1, 0.15) is 56.0 Å². The number of carbonyl (C=O) groups excluding carboxylic acids is 2. The van der Waals surface area contributed by atoms with Crippen LogP contribution in [0.25, 0.3) is 0 Å². The van der Waals surface area contributed by atoms with Crippen LogP contribution in [0.15, 0.2) is 5.38 Å². The molecule has 7 heteroatoms. The van der Waals surface area contributed by atoms with Crippen LogP contribution in [-0.2, 0) is 20.7 Å². The maximum atomic E-state index is 12.2. The summed E-state index contributed by atoms with van der Waals surface area (Å²) in [4.78, 5) is 34.5. The van der Waals surface area contributed by atoms with Gasteiger partial charge in [-0.3, -0.25) is 9.59 Å². The normalized spacial score (nSPS) is 10.6. The van der Waals surface area contributed by atoms with Gasteiger partial charge in [0, 0.05) is 12.8 Å². The highest BCUT2D eigenvalue weighted by Crippen LogP contribution is 2.31. The average molecular weight is 341 g/mol. The highest BCUT2D eigenvalue weighted by atomic mass is 32.1. The summed E-state index contributed by atoms with van der Waals surface area (Å²) in [5.41, 5.74) is 1.28. The number of anilines is 1. The number of esters is 1. The third-order valence-electron chi connectivity index (χ3n) is 3.02. The first-order valence-electron chi connectivity index (χ1n) is 7.64. The lowest BCUT2D eigenvalue weighted by molar-refractivity contribution is -0.137. The van der Waals surface area contributed by atoms with Crippen LogP contribution >= 0.6 is 11.3 Å². The summed E-state index contributed by atoms with van der Waals surface area (Å²) >= 11 is 1.29. The van der Waals surface area contributed by atoms with Gasteiger partial charge in [-0.2, -0.15) is 0 Å². The van der Waals surface area contributed by atoms with E-state index in [-0.39, 0.29) is 31.8 Å². The highest BCUT2D eigenvalue weighted by molar-refractivity contribution is 7.15. The summed E-state index contributed by atoms with van der Waals surface area (Å²) in [6.45, 7) is 6.10. The van der Waals surface area contributed by atoms with E-state index in [0.29, 0.717) is 16.5 Å². The third-order valence-corrected chi connectivity index (χ3v) is 3.97. The molecule has 0 aliphatic heterocycles. The van der Waals surface area contributed by atoms with Crippen LogP contribution < -0.4 is 5.32 Å². The summed E-state index contributed by atoms with van der Waals surface area (Å²) in [5.74, 6) is -1.29. The molecule has 0 bridgehead atoms. The first-order chi connectivity index (χ1) is 10.8. The summed E-state index contributed by atoms with van der Waals surface area (Å²) in [6.07, 6.45) is 1.03. The van der Waals surface area contributed by atoms with E-state index in [1.54, 1.807) is 6.92 Å². The maximum absolute atomic E-state index is 12.2. The fraction of sp³-hybridized carbons (Fsp3) is 0.562. The Morgan fingerprint density at radius 3 is 2.57 bits per heavy atom. The molecule has 0 spiro atoms. The number of carboxylic acids is 1. The van der Waals surface area contributed by atoms with Crippen molar-refractivity contribution in [2.24, 2.45) is 5.92 Å². The van der Waals surface area contributed by atoms with Gasteiger partial charge in [0.25, 0.3) is 0 Å². The second-order valence-corrected chi connectivity index (χ2v) is 6.46. The number of rotatable bonds is 9. The summed E-state index contributed by atoms with van der Waals surface area (Å²) in [6, 6.07) is 0. The summed E-state index contributed by atoms with van der Waals surface area (Å²) in [5, 5.41) is 13.6. The molecule has 0 aliphatic carbocycles. The van der Waals surface area contributed by atoms with E-state index < -0.39 is 11.9 Å². The van der Waals surface area contributed by atoms with Gasteiger partial charge in [0.2, 0.25) is 5.91 Å². The van der Waals surface area contributed by atoms with Crippen molar-refractivity contribution >= 4 is 34.2 Å². The van der Waals surface area contributed by atoms with Crippen LogP contribution in [0, 0.1) is 5.92 Å². The molecule has 0 saturated carbocycles. The Labute approximate surface area is 139 Å². The minimum Gasteiger partial charge on any atom is -0.481 e. The number of thiophene rings is 1. The number of carbonyl (C=O) groups is 3. The van der Waals surface area contributed by atoms with Crippen molar-refractivity contribution in [3.63, 3.8) is 0 Å². The van der Waals surface area contributed by atoms with Gasteiger partial charge in [0.05, 0.1) is 12.2 Å². The van der Waals surface area contributed by atoms with Crippen molar-refractivity contribution in [1.82, 2.24) is 0 Å². The van der Waals surface area contributed by atoms with Gasteiger partial charge < -0.3 is 15.2 Å². The van der Waals surface area contributed by atoms with Crippen LogP contribution in [0.5, 0.6) is 0 Å². The standard InChI is InChI=1S/C16H23NO5S/c1-4-22-16(21)14-11(8-10(2)3)9-23-15(14)17-12(18)6-5-7-13(19)20/h9-10H,4-8H2,1-3H3,(H,17,18)(H,19,20). The average Bonchev–Trinajstić information content (AvgIpc) is 2.80. The molecule has 1 aromatic rings. The van der Waals surface area contributed by atoms with Gasteiger partial charge in [-0.05, 0) is 36.6 Å². The molecule has 2 N–H and O–H groups in total. The van der Waals surface area contributed by atoms with Gasteiger partial charge in [0.15, 0.2) is 0 Å². The Morgan fingerprint density at radius 2 is 2.00 bits per heavy atom. The molecule has 1 aromatic heterocycles. The number of hydrogen-bond donors (Lipinski definition) is 2. The fourth-order valence-electron chi connectivity index (χ4n) is 2.09. The van der Waals surface area contributed by atoms with Crippen molar-refractivity contribution < 1.29 is 24.2 Å². The van der Waals surface area contributed by atoms with E-state index in [2.05, 4.69) is 19.2 Å². The molecule has 0 aliphatic rings. The monoisotopic (exact) mass is 341 g/mol. The van der Waals surface area contributed by atoms with Crippen LogP contribution in [0.3, 0.4) is 0 Å². The second kappa shape index (κ2) is 9.29. The number of carboxylic acid groups (broad SMARTS) is 1. The van der Waals surface area contributed by atoms with Gasteiger partial charge in [-0.1, -0.05) is 13.8 Å². The molecular formula is C16H23NO5S. The minimum atomic E-state index is -0.930. The van der Waals surface area contributed by atoms with Crippen molar-refractivity contribution in [3.8, 4) is 0 Å². The second-order valence-electron chi connectivity index (χ2n) is 5.58. The van der Waals surface area contributed by atoms with E-state index in [1.807, 2.05) is 5.38 Å². The Balaban J connectivity index is 2.84. The summed E-state index contributed by atoms with van der Waals surface area (Å²) in [7, 11) is 0. The van der Waals surface area contributed by atoms with E-state index in [0.717, 1.165) is 12.0 Å². The number of nitrogens with one attached hydrogen (secondary N) is 1. The molecule has 1 rings (SSSR count). The number of hydrogen-bond acceptors (Lipinski definition) is 5. The molecule has 0 unspecified atom stereocenters. The summed E-state index contributed by atoms with van der Waals surface area (Å²) < 4.78 is 5.08. The van der Waals surface area contributed by atoms with Crippen LogP contribution in [0.2, 0.25) is 0 Å². The van der Waals surface area contributed by atoms with Gasteiger partial charge >= 0.3 is 11.9 Å². The fourth-order valence-corrected chi connectivity index (χ4v) is 3.07. The minimum absolute atomic E-state index is 0.0544. The smallest absolute Gasteiger partial charge is 0.341 e. The van der Waals surface area contributed by atoms with E-state index in [1.165, 1.54) is 11.3 Å². The Kier molecular flexibility index (Phi) is 7.74. The van der Waals surface area contributed by atoms with Gasteiger partial charge in [-0.25, -0.2) is 4.79 Å². The molecule has 0 fully saturated rings. The predicted molar refractivity (Wildman–Crippen MR) is 88.9 cm³/mol. The largest absolute Gasteiger partial charge is 0.481 e. The predicted octanol–water partition coefficient (Wildman–Crippen LogP) is 3.32. The zero-order chi connectivity index (χ0) is 17.4. The molecule has 0 saturated heterocycles. The van der Waals surface area contributed by atoms with Gasteiger partial charge in [0.1, 0.15) is 5.00 Å². The molecule has 128 valence electrons. The Hall–Kier alpha value is -1.89. The molecule has 0 radical (unpaired) electrons. The lowest BCUT2D eigenvalue weighted by Gasteiger charge is -2.09. The van der Waals surface area contributed by atoms with Crippen LogP contribution in [-0.4, -0.2) is 29.6 Å². The van der Waals surface area contributed by atoms with Crippen LogP contribution in [0.4, 0.5) is 5.00 Å². The third kappa shape index (κ3) is 6.40. The number of amides is 1. The van der Waals surface area contributed by atoms with E-state index in [9.17, 15) is 14.4 Å². The van der Waals surface area contributed by atoms with Crippen molar-refractivity contribution in [1.29, 1.82) is 0 Å². The van der Waals surface area contributed by atoms with Crippen molar-refractivity contribution in [2.75, 3.05) is 11.9 Å². The zero-order valence-corrected chi connectivity index (χ0v) is 14.5.